The van der Waals surface area contributed by atoms with Crippen LogP contribution in [0.1, 0.15) is 245 Å². The van der Waals surface area contributed by atoms with Crippen molar-refractivity contribution in [3.05, 3.63) is 20.4 Å². The lowest BCUT2D eigenvalue weighted by Crippen LogP contribution is -2.38. The topological polar surface area (TPSA) is 167 Å². The molecule has 1 aliphatic rings. The predicted octanol–water partition coefficient (Wildman–Crippen LogP) is 12.0. The number of rotatable bonds is 46. The number of anilines is 2. The second-order valence-electron chi connectivity index (χ2n) is 19.5. The zero-order chi connectivity index (χ0) is 49.5. The Hall–Kier alpha value is -3.48. The molecule has 2 atom stereocenters. The van der Waals surface area contributed by atoms with Crippen molar-refractivity contribution in [2.45, 2.75) is 264 Å². The number of unbranched alkanes of at least 4 members (excludes halogenated alkanes) is 24. The molecule has 0 aromatic heterocycles. The molecule has 0 amide bonds. The van der Waals surface area contributed by atoms with Crippen molar-refractivity contribution in [3.63, 3.8) is 0 Å². The van der Waals surface area contributed by atoms with Crippen molar-refractivity contribution < 1.29 is 38.1 Å². The fourth-order valence-electron chi connectivity index (χ4n) is 9.19. The Morgan fingerprint density at radius 2 is 1.01 bits per heavy atom. The Kier molecular flexibility index (Phi) is 35.9. The molecule has 1 unspecified atom stereocenters. The fourth-order valence-corrected chi connectivity index (χ4v) is 9.19. The second-order valence-corrected chi connectivity index (χ2v) is 19.5. The number of hydrogen-bond acceptors (Lipinski definition) is 13. The van der Waals surface area contributed by atoms with E-state index in [1.165, 1.54) is 109 Å². The van der Waals surface area contributed by atoms with Crippen LogP contribution in [0.3, 0.4) is 0 Å². The number of carbonyl (C=O) groups is 4. The van der Waals surface area contributed by atoms with Crippen LogP contribution in [0.15, 0.2) is 9.59 Å². The lowest BCUT2D eigenvalue weighted by Gasteiger charge is -2.22. The fraction of sp³-hybridized carbons (Fsp3) is 0.855. The third-order valence-corrected chi connectivity index (χ3v) is 13.4. The highest BCUT2D eigenvalue weighted by Gasteiger charge is 2.39. The second kappa shape index (κ2) is 40.3. The molecule has 0 saturated carbocycles. The van der Waals surface area contributed by atoms with Crippen molar-refractivity contribution in [1.29, 1.82) is 0 Å². The SMILES string of the molecule is CCCCCCCCCCCOC(=O)CCCCCN1CC(OC(=O)CCNc2c(NC)c(=O)c2=O)C[C@H]1C(=O)OCCCCCCCC(=O)OC(CCCCCCCC)CCCCCCCC. The molecule has 0 radical (unpaired) electrons. The Balaban J connectivity index is 1.73. The first-order valence-electron chi connectivity index (χ1n) is 27.8. The molecule has 13 nitrogen and oxygen atoms in total. The van der Waals surface area contributed by atoms with Gasteiger partial charge >= 0.3 is 23.9 Å². The number of ether oxygens (including phenoxy) is 4. The molecule has 13 heteroatoms. The smallest absolute Gasteiger partial charge is 0.323 e. The van der Waals surface area contributed by atoms with E-state index in [1.54, 1.807) is 7.05 Å². The first-order chi connectivity index (χ1) is 33.1. The molecular weight excluding hydrogens is 863 g/mol. The van der Waals surface area contributed by atoms with Gasteiger partial charge in [0.05, 0.1) is 19.6 Å². The highest BCUT2D eigenvalue weighted by Crippen LogP contribution is 2.24. The molecule has 0 aliphatic carbocycles. The summed E-state index contributed by atoms with van der Waals surface area (Å²) in [5.41, 5.74) is -0.811. The molecule has 1 saturated heterocycles. The van der Waals surface area contributed by atoms with Gasteiger partial charge in [0.1, 0.15) is 29.6 Å². The Labute approximate surface area is 411 Å². The summed E-state index contributed by atoms with van der Waals surface area (Å²) >= 11 is 0. The third-order valence-electron chi connectivity index (χ3n) is 13.4. The summed E-state index contributed by atoms with van der Waals surface area (Å²) in [7, 11) is 1.56. The summed E-state index contributed by atoms with van der Waals surface area (Å²) in [6.07, 6.45) is 34.9. The van der Waals surface area contributed by atoms with Crippen LogP contribution in [0.2, 0.25) is 0 Å². The molecule has 0 bridgehead atoms. The minimum atomic E-state index is -0.612. The van der Waals surface area contributed by atoms with Crippen molar-refractivity contribution in [1.82, 2.24) is 4.90 Å². The monoisotopic (exact) mass is 960 g/mol. The van der Waals surface area contributed by atoms with Gasteiger partial charge in [-0.25, -0.2) is 0 Å². The molecule has 1 heterocycles. The summed E-state index contributed by atoms with van der Waals surface area (Å²) < 4.78 is 23.0. The molecular formula is C55H97N3O10. The van der Waals surface area contributed by atoms with E-state index in [0.717, 1.165) is 83.5 Å². The average molecular weight is 960 g/mol. The van der Waals surface area contributed by atoms with Gasteiger partial charge in [-0.3, -0.25) is 33.7 Å². The van der Waals surface area contributed by atoms with Crippen LogP contribution in [0, 0.1) is 0 Å². The summed E-state index contributed by atoms with van der Waals surface area (Å²) in [6.45, 7) is 8.60. The van der Waals surface area contributed by atoms with Crippen molar-refractivity contribution in [2.75, 3.05) is 50.5 Å². The van der Waals surface area contributed by atoms with Crippen molar-refractivity contribution in [2.24, 2.45) is 0 Å². The molecule has 1 aromatic carbocycles. The third kappa shape index (κ3) is 28.3. The van der Waals surface area contributed by atoms with Crippen LogP contribution in [0.25, 0.3) is 0 Å². The van der Waals surface area contributed by atoms with E-state index < -0.39 is 29.0 Å². The van der Waals surface area contributed by atoms with E-state index in [-0.39, 0.29) is 48.4 Å². The molecule has 392 valence electrons. The van der Waals surface area contributed by atoms with Gasteiger partial charge < -0.3 is 29.6 Å². The number of nitrogens with one attached hydrogen (secondary N) is 2. The molecule has 2 N–H and O–H groups in total. The maximum Gasteiger partial charge on any atom is 0.323 e. The average Bonchev–Trinajstić information content (AvgIpc) is 3.73. The van der Waals surface area contributed by atoms with Crippen LogP contribution in [-0.4, -0.2) is 86.9 Å². The Morgan fingerprint density at radius 3 is 1.57 bits per heavy atom. The molecule has 68 heavy (non-hydrogen) atoms. The largest absolute Gasteiger partial charge is 0.466 e. The Morgan fingerprint density at radius 1 is 0.544 bits per heavy atom. The lowest BCUT2D eigenvalue weighted by molar-refractivity contribution is -0.151. The van der Waals surface area contributed by atoms with Gasteiger partial charge in [0.25, 0.3) is 10.9 Å². The van der Waals surface area contributed by atoms with E-state index in [2.05, 4.69) is 31.4 Å². The van der Waals surface area contributed by atoms with Crippen LogP contribution < -0.4 is 21.5 Å². The van der Waals surface area contributed by atoms with Gasteiger partial charge in [-0.05, 0) is 64.3 Å². The standard InChI is InChI=1S/C55H97N3O10/c1-5-8-11-14-17-18-19-24-32-41-65-48(59)36-30-26-31-40-58-44-46(68-50(61)38-39-57-52-51(56-4)53(62)54(52)63)43-47(58)55(64)66-42-33-25-20-23-29-37-49(60)67-45(34-27-21-15-12-9-6-2)35-28-22-16-13-10-7-3/h45-47,56-57H,5-44H2,1-4H3/t46?,47-/m0/s1. The van der Waals surface area contributed by atoms with E-state index in [4.69, 9.17) is 18.9 Å². The van der Waals surface area contributed by atoms with Gasteiger partial charge in [-0.15, -0.1) is 0 Å². The van der Waals surface area contributed by atoms with Gasteiger partial charge in [0.15, 0.2) is 0 Å². The minimum Gasteiger partial charge on any atom is -0.466 e. The van der Waals surface area contributed by atoms with Gasteiger partial charge in [0.2, 0.25) is 0 Å². The van der Waals surface area contributed by atoms with Crippen LogP contribution in [0.5, 0.6) is 0 Å². The molecule has 1 aromatic rings. The predicted molar refractivity (Wildman–Crippen MR) is 275 cm³/mol. The molecule has 2 rings (SSSR count). The lowest BCUT2D eigenvalue weighted by atomic mass is 10.0. The van der Waals surface area contributed by atoms with Crippen molar-refractivity contribution in [3.8, 4) is 0 Å². The van der Waals surface area contributed by atoms with E-state index >= 15 is 0 Å². The number of likely N-dealkylation sites (tertiary alicyclic amines) is 1. The molecule has 0 spiro atoms. The minimum absolute atomic E-state index is 0.0109. The summed E-state index contributed by atoms with van der Waals surface area (Å²) in [4.78, 5) is 77.1. The van der Waals surface area contributed by atoms with E-state index in [1.807, 2.05) is 4.90 Å². The van der Waals surface area contributed by atoms with E-state index in [9.17, 15) is 28.8 Å². The first kappa shape index (κ1) is 60.6. The molecule has 1 aliphatic heterocycles. The summed E-state index contributed by atoms with van der Waals surface area (Å²) in [5, 5.41) is 5.56. The number of hydrogen-bond donors (Lipinski definition) is 2. The van der Waals surface area contributed by atoms with Crippen molar-refractivity contribution >= 4 is 35.3 Å². The first-order valence-corrected chi connectivity index (χ1v) is 27.8. The number of esters is 4. The van der Waals surface area contributed by atoms with Crippen LogP contribution in [0.4, 0.5) is 11.4 Å². The summed E-state index contributed by atoms with van der Waals surface area (Å²) in [6, 6.07) is -0.550. The van der Waals surface area contributed by atoms with Crippen LogP contribution in [-0.2, 0) is 38.1 Å². The Bertz CT molecular complexity index is 1530. The number of nitrogens with zero attached hydrogens (tertiary/aromatic N) is 1. The normalized spacial score (nSPS) is 15.0. The van der Waals surface area contributed by atoms with Gasteiger partial charge in [0, 0.05) is 39.4 Å². The van der Waals surface area contributed by atoms with Gasteiger partial charge in [-0.2, -0.15) is 0 Å². The zero-order valence-corrected chi connectivity index (χ0v) is 43.5. The molecule has 1 fully saturated rings. The van der Waals surface area contributed by atoms with E-state index in [0.29, 0.717) is 52.0 Å². The highest BCUT2D eigenvalue weighted by atomic mass is 16.6. The number of carbonyl (C=O) groups excluding carboxylic acids is 4. The maximum absolute atomic E-state index is 13.5. The highest BCUT2D eigenvalue weighted by molar-refractivity contribution is 5.77. The zero-order valence-electron chi connectivity index (χ0n) is 43.5. The quantitative estimate of drug-likeness (QED) is 0.0274. The van der Waals surface area contributed by atoms with Crippen LogP contribution >= 0.6 is 0 Å². The van der Waals surface area contributed by atoms with Gasteiger partial charge in [-0.1, -0.05) is 162 Å². The summed E-state index contributed by atoms with van der Waals surface area (Å²) in [5.74, 6) is -1.03. The maximum atomic E-state index is 13.5.